The molecule has 0 aromatic heterocycles. The Labute approximate surface area is 126 Å². The quantitative estimate of drug-likeness (QED) is 0.900. The molecule has 21 heavy (non-hydrogen) atoms. The van der Waals surface area contributed by atoms with Crippen molar-refractivity contribution in [1.82, 2.24) is 9.80 Å². The Morgan fingerprint density at radius 1 is 1.43 bits per heavy atom. The van der Waals surface area contributed by atoms with Gasteiger partial charge < -0.3 is 15.4 Å². The number of likely N-dealkylation sites (N-methyl/N-ethyl adjacent to an activating group) is 1. The minimum absolute atomic E-state index is 0.0631. The van der Waals surface area contributed by atoms with E-state index in [1.54, 1.807) is 12.1 Å². The molecule has 1 aliphatic heterocycles. The lowest BCUT2D eigenvalue weighted by Crippen LogP contribution is -2.53. The highest BCUT2D eigenvalue weighted by Gasteiger charge is 2.28. The molecule has 0 bridgehead atoms. The van der Waals surface area contributed by atoms with Gasteiger partial charge in [-0.05, 0) is 31.2 Å². The van der Waals surface area contributed by atoms with E-state index in [-0.39, 0.29) is 17.6 Å². The third kappa shape index (κ3) is 3.54. The van der Waals surface area contributed by atoms with Crippen LogP contribution in [0.5, 0.6) is 5.75 Å². The number of piperazine rings is 1. The number of ether oxygens (including phenoxy) is 1. The fourth-order valence-electron chi connectivity index (χ4n) is 3.08. The molecule has 1 heterocycles. The summed E-state index contributed by atoms with van der Waals surface area (Å²) in [5.41, 5.74) is 6.89. The molecule has 0 aliphatic carbocycles. The van der Waals surface area contributed by atoms with Gasteiger partial charge in [0.1, 0.15) is 0 Å². The summed E-state index contributed by atoms with van der Waals surface area (Å²) in [6.45, 7) is 5.65. The van der Waals surface area contributed by atoms with E-state index in [4.69, 9.17) is 10.5 Å². The summed E-state index contributed by atoms with van der Waals surface area (Å²) in [7, 11) is 3.64. The predicted octanol–water partition coefficient (Wildman–Crippen LogP) is 1.86. The molecule has 2 unspecified atom stereocenters. The number of rotatable bonds is 5. The van der Waals surface area contributed by atoms with Crippen LogP contribution in [0, 0.1) is 5.82 Å². The first-order valence-corrected chi connectivity index (χ1v) is 7.58. The minimum Gasteiger partial charge on any atom is -0.494 e. The zero-order valence-electron chi connectivity index (χ0n) is 13.2. The minimum atomic E-state index is -0.324. The van der Waals surface area contributed by atoms with Gasteiger partial charge in [-0.1, -0.05) is 13.0 Å². The van der Waals surface area contributed by atoms with Crippen LogP contribution in [0.1, 0.15) is 24.9 Å². The van der Waals surface area contributed by atoms with Crippen LogP contribution >= 0.6 is 0 Å². The number of methoxy groups -OCH3 is 1. The van der Waals surface area contributed by atoms with Gasteiger partial charge in [-0.2, -0.15) is 0 Å². The Bertz CT molecular complexity index is 469. The van der Waals surface area contributed by atoms with Crippen LogP contribution in [0.25, 0.3) is 0 Å². The maximum absolute atomic E-state index is 13.9. The first-order valence-electron chi connectivity index (χ1n) is 7.58. The number of benzene rings is 1. The Hall–Kier alpha value is -1.17. The highest BCUT2D eigenvalue weighted by atomic mass is 19.1. The Morgan fingerprint density at radius 3 is 2.76 bits per heavy atom. The number of halogens is 1. The number of hydrogen-bond donors (Lipinski definition) is 1. The van der Waals surface area contributed by atoms with Gasteiger partial charge in [-0.15, -0.1) is 0 Å². The maximum Gasteiger partial charge on any atom is 0.165 e. The molecule has 0 saturated carbocycles. The Balaban J connectivity index is 2.17. The highest BCUT2D eigenvalue weighted by molar-refractivity contribution is 5.31. The zero-order valence-corrected chi connectivity index (χ0v) is 13.2. The number of nitrogens with zero attached hydrogens (tertiary/aromatic N) is 2. The van der Waals surface area contributed by atoms with Crippen LogP contribution in [-0.4, -0.2) is 56.2 Å². The summed E-state index contributed by atoms with van der Waals surface area (Å²) in [6.07, 6.45) is 1.11. The zero-order chi connectivity index (χ0) is 15.4. The van der Waals surface area contributed by atoms with E-state index in [0.717, 1.165) is 31.6 Å². The first kappa shape index (κ1) is 16.2. The molecule has 0 radical (unpaired) electrons. The number of hydrogen-bond acceptors (Lipinski definition) is 4. The standard InChI is InChI=1S/C16H26FN3O/c1-4-13-11-20(8-7-19(13)2)15(10-18)12-5-6-16(21-3)14(17)9-12/h5-6,9,13,15H,4,7-8,10-11,18H2,1-3H3. The van der Waals surface area contributed by atoms with Crippen molar-refractivity contribution >= 4 is 0 Å². The predicted molar refractivity (Wildman–Crippen MR) is 83.0 cm³/mol. The molecule has 2 rings (SSSR count). The molecule has 1 aliphatic rings. The van der Waals surface area contributed by atoms with Crippen LogP contribution < -0.4 is 10.5 Å². The largest absolute Gasteiger partial charge is 0.494 e. The van der Waals surface area contributed by atoms with Crippen molar-refractivity contribution in [2.45, 2.75) is 25.4 Å². The molecular weight excluding hydrogens is 269 g/mol. The van der Waals surface area contributed by atoms with Gasteiger partial charge >= 0.3 is 0 Å². The van der Waals surface area contributed by atoms with Gasteiger partial charge in [0.2, 0.25) is 0 Å². The van der Waals surface area contributed by atoms with Crippen LogP contribution in [0.15, 0.2) is 18.2 Å². The third-order valence-corrected chi connectivity index (χ3v) is 4.50. The molecule has 5 heteroatoms. The molecule has 0 spiro atoms. The summed E-state index contributed by atoms with van der Waals surface area (Å²) in [6, 6.07) is 5.75. The van der Waals surface area contributed by atoms with Crippen LogP contribution in [-0.2, 0) is 0 Å². The Kier molecular flexibility index (Phi) is 5.56. The summed E-state index contributed by atoms with van der Waals surface area (Å²) in [5.74, 6) is -0.0473. The van der Waals surface area contributed by atoms with Crippen molar-refractivity contribution in [3.05, 3.63) is 29.6 Å². The second-order valence-electron chi connectivity index (χ2n) is 5.68. The third-order valence-electron chi connectivity index (χ3n) is 4.50. The van der Waals surface area contributed by atoms with Crippen molar-refractivity contribution < 1.29 is 9.13 Å². The normalized spacial score (nSPS) is 22.2. The fraction of sp³-hybridized carbons (Fsp3) is 0.625. The lowest BCUT2D eigenvalue weighted by Gasteiger charge is -2.42. The lowest BCUT2D eigenvalue weighted by atomic mass is 10.0. The second kappa shape index (κ2) is 7.20. The average molecular weight is 295 g/mol. The van der Waals surface area contributed by atoms with Gasteiger partial charge in [-0.3, -0.25) is 4.90 Å². The molecule has 0 amide bonds. The topological polar surface area (TPSA) is 41.7 Å². The van der Waals surface area contributed by atoms with Gasteiger partial charge in [0.25, 0.3) is 0 Å². The monoisotopic (exact) mass is 295 g/mol. The summed E-state index contributed by atoms with van der Waals surface area (Å²) >= 11 is 0. The van der Waals surface area contributed by atoms with Crippen molar-refractivity contribution in [2.24, 2.45) is 5.73 Å². The SMILES string of the molecule is CCC1CN(C(CN)c2ccc(OC)c(F)c2)CCN1C. The van der Waals surface area contributed by atoms with Crippen LogP contribution in [0.2, 0.25) is 0 Å². The van der Waals surface area contributed by atoms with Crippen molar-refractivity contribution in [2.75, 3.05) is 40.3 Å². The Morgan fingerprint density at radius 2 is 2.19 bits per heavy atom. The molecular formula is C16H26FN3O. The smallest absolute Gasteiger partial charge is 0.165 e. The van der Waals surface area contributed by atoms with E-state index in [2.05, 4.69) is 23.8 Å². The van der Waals surface area contributed by atoms with Crippen molar-refractivity contribution in [3.8, 4) is 5.75 Å². The lowest BCUT2D eigenvalue weighted by molar-refractivity contribution is 0.0643. The number of nitrogens with two attached hydrogens (primary N) is 1. The van der Waals surface area contributed by atoms with E-state index < -0.39 is 0 Å². The summed E-state index contributed by atoms with van der Waals surface area (Å²) in [5, 5.41) is 0. The van der Waals surface area contributed by atoms with E-state index in [1.807, 2.05) is 6.07 Å². The molecule has 1 saturated heterocycles. The second-order valence-corrected chi connectivity index (χ2v) is 5.68. The van der Waals surface area contributed by atoms with Gasteiger partial charge in [-0.25, -0.2) is 4.39 Å². The van der Waals surface area contributed by atoms with E-state index in [1.165, 1.54) is 7.11 Å². The van der Waals surface area contributed by atoms with Gasteiger partial charge in [0.05, 0.1) is 7.11 Å². The van der Waals surface area contributed by atoms with Crippen LogP contribution in [0.3, 0.4) is 0 Å². The van der Waals surface area contributed by atoms with E-state index in [9.17, 15) is 4.39 Å². The van der Waals surface area contributed by atoms with Crippen molar-refractivity contribution in [1.29, 1.82) is 0 Å². The summed E-state index contributed by atoms with van der Waals surface area (Å²) < 4.78 is 18.9. The molecule has 1 aromatic carbocycles. The molecule has 1 aromatic rings. The average Bonchev–Trinajstić information content (AvgIpc) is 2.49. The maximum atomic E-state index is 13.9. The van der Waals surface area contributed by atoms with E-state index in [0.29, 0.717) is 12.6 Å². The molecule has 1 fully saturated rings. The van der Waals surface area contributed by atoms with Crippen molar-refractivity contribution in [3.63, 3.8) is 0 Å². The molecule has 4 nitrogen and oxygen atoms in total. The highest BCUT2D eigenvalue weighted by Crippen LogP contribution is 2.27. The van der Waals surface area contributed by atoms with Gasteiger partial charge in [0.15, 0.2) is 11.6 Å². The summed E-state index contributed by atoms with van der Waals surface area (Å²) in [4.78, 5) is 4.76. The molecule has 2 atom stereocenters. The molecule has 118 valence electrons. The molecule has 2 N–H and O–H groups in total. The first-order chi connectivity index (χ1) is 10.1. The fourth-order valence-corrected chi connectivity index (χ4v) is 3.08. The van der Waals surface area contributed by atoms with Crippen LogP contribution in [0.4, 0.5) is 4.39 Å². The van der Waals surface area contributed by atoms with Gasteiger partial charge in [0, 0.05) is 38.3 Å². The van der Waals surface area contributed by atoms with E-state index >= 15 is 0 Å².